The zero-order chi connectivity index (χ0) is 25.3. The number of carbonyl (C=O) groups excluding carboxylic acids is 1. The van der Waals surface area contributed by atoms with Crippen LogP contribution in [0.5, 0.6) is 5.75 Å². The quantitative estimate of drug-likeness (QED) is 0.417. The van der Waals surface area contributed by atoms with Gasteiger partial charge in [0, 0.05) is 35.6 Å². The molecule has 9 nitrogen and oxygen atoms in total. The molecule has 1 saturated carbocycles. The highest BCUT2D eigenvalue weighted by atomic mass is 32.2. The van der Waals surface area contributed by atoms with E-state index in [9.17, 15) is 24.2 Å². The van der Waals surface area contributed by atoms with Crippen molar-refractivity contribution >= 4 is 33.5 Å². The van der Waals surface area contributed by atoms with Crippen LogP contribution in [0, 0.1) is 5.82 Å². The van der Waals surface area contributed by atoms with E-state index in [-0.39, 0.29) is 5.75 Å². The Bertz CT molecular complexity index is 1180. The Hall–Kier alpha value is -3.15. The molecule has 2 heterocycles. The first-order chi connectivity index (χ1) is 16.7. The van der Waals surface area contributed by atoms with Crippen molar-refractivity contribution in [3.05, 3.63) is 58.2 Å². The number of halogens is 1. The van der Waals surface area contributed by atoms with Crippen molar-refractivity contribution in [3.8, 4) is 5.75 Å². The minimum absolute atomic E-state index is 0.211. The Morgan fingerprint density at radius 1 is 1.31 bits per heavy atom. The molecule has 0 saturated heterocycles. The van der Waals surface area contributed by atoms with Crippen LogP contribution < -0.4 is 15.8 Å². The van der Waals surface area contributed by atoms with E-state index in [1.165, 1.54) is 31.5 Å². The minimum Gasteiger partial charge on any atom is -0.485 e. The van der Waals surface area contributed by atoms with Crippen molar-refractivity contribution in [1.29, 1.82) is 0 Å². The lowest BCUT2D eigenvalue weighted by Crippen LogP contribution is -2.35. The number of nitrogens with zero attached hydrogens (tertiary/aromatic N) is 1. The monoisotopic (exact) mass is 505 g/mol. The molecule has 1 aromatic carbocycles. The SMILES string of the molecule is COC(C(N)=O)S1=CC=C2C1=CN(C(=O)O)C(C)=C2Nc1ccc(F)cc1O[C@@H]1CCCC[C@H]1O. The van der Waals surface area contributed by atoms with Gasteiger partial charge in [0.1, 0.15) is 17.7 Å². The van der Waals surface area contributed by atoms with Crippen LogP contribution in [-0.4, -0.2) is 57.2 Å². The number of nitrogens with two attached hydrogens (primary N) is 1. The number of primary amides is 1. The third-order valence-electron chi connectivity index (χ3n) is 6.17. The Morgan fingerprint density at radius 2 is 2.06 bits per heavy atom. The van der Waals surface area contributed by atoms with Crippen molar-refractivity contribution in [2.45, 2.75) is 50.3 Å². The number of fused-ring (bicyclic) bond motifs is 1. The number of hydrogen-bond donors (Lipinski definition) is 4. The number of carbonyl (C=O) groups is 2. The van der Waals surface area contributed by atoms with E-state index >= 15 is 0 Å². The number of ether oxygens (including phenoxy) is 2. The predicted molar refractivity (Wildman–Crippen MR) is 131 cm³/mol. The smallest absolute Gasteiger partial charge is 0.415 e. The summed E-state index contributed by atoms with van der Waals surface area (Å²) in [5.41, 5.74) is 6.47. The molecular formula is C24H28FN3O6S. The number of rotatable bonds is 7. The van der Waals surface area contributed by atoms with Gasteiger partial charge in [0.2, 0.25) is 0 Å². The molecule has 1 aliphatic carbocycles. The maximum Gasteiger partial charge on any atom is 0.415 e. The highest BCUT2D eigenvalue weighted by Gasteiger charge is 2.34. The summed E-state index contributed by atoms with van der Waals surface area (Å²) >= 11 is 0. The van der Waals surface area contributed by atoms with Gasteiger partial charge in [0.15, 0.2) is 5.44 Å². The van der Waals surface area contributed by atoms with Crippen LogP contribution in [0.4, 0.5) is 14.9 Å². The summed E-state index contributed by atoms with van der Waals surface area (Å²) in [4.78, 5) is 25.6. The minimum atomic E-state index is -1.21. The fourth-order valence-electron chi connectivity index (χ4n) is 4.39. The van der Waals surface area contributed by atoms with Gasteiger partial charge in [-0.05, 0) is 49.8 Å². The number of nitrogens with one attached hydrogen (secondary N) is 1. The van der Waals surface area contributed by atoms with E-state index in [2.05, 4.69) is 5.32 Å². The summed E-state index contributed by atoms with van der Waals surface area (Å²) < 4.78 is 25.5. The van der Waals surface area contributed by atoms with Gasteiger partial charge in [-0.3, -0.25) is 9.69 Å². The molecule has 4 atom stereocenters. The molecule has 0 radical (unpaired) electrons. The van der Waals surface area contributed by atoms with Crippen LogP contribution in [0.3, 0.4) is 0 Å². The molecule has 1 aromatic rings. The fraction of sp³-hybridized carbons (Fsp3) is 0.375. The molecule has 0 spiro atoms. The summed E-state index contributed by atoms with van der Waals surface area (Å²) in [6, 6.07) is 4.01. The van der Waals surface area contributed by atoms with E-state index in [0.717, 1.165) is 17.7 Å². The van der Waals surface area contributed by atoms with Gasteiger partial charge in [-0.2, -0.15) is 0 Å². The van der Waals surface area contributed by atoms with Crippen LogP contribution >= 0.6 is 10.5 Å². The normalized spacial score (nSPS) is 24.7. The van der Waals surface area contributed by atoms with E-state index in [1.54, 1.807) is 18.4 Å². The standard InChI is InChI=1S/C24H28FN3O6S/c1-13-21(15-9-10-35(23(33-2)22(26)30)20(15)12-28(13)24(31)32)27-16-8-7-14(25)11-19(16)34-18-6-4-3-5-17(18)29/h7-12,17-18,23,27,29H,3-6H2,1-2H3,(H2,26,30)(H,31,32)/t17-,18-,23?,35?/m1/s1. The summed E-state index contributed by atoms with van der Waals surface area (Å²) in [5, 5.41) is 25.1. The first kappa shape index (κ1) is 25.0. The van der Waals surface area contributed by atoms with Crippen LogP contribution in [-0.2, 0) is 9.53 Å². The maximum atomic E-state index is 14.1. The second-order valence-electron chi connectivity index (χ2n) is 8.44. The highest BCUT2D eigenvalue weighted by molar-refractivity contribution is 8.20. The second kappa shape index (κ2) is 10.2. The number of benzene rings is 1. The number of allylic oxidation sites excluding steroid dienone is 3. The van der Waals surface area contributed by atoms with Gasteiger partial charge < -0.3 is 30.7 Å². The lowest BCUT2D eigenvalue weighted by atomic mass is 9.95. The topological polar surface area (TPSA) is 134 Å². The third kappa shape index (κ3) is 4.97. The average molecular weight is 506 g/mol. The van der Waals surface area contributed by atoms with Crippen molar-refractivity contribution in [2.24, 2.45) is 5.73 Å². The molecule has 2 amide bonds. The number of carboxylic acid groups (broad SMARTS) is 1. The molecule has 188 valence electrons. The van der Waals surface area contributed by atoms with Gasteiger partial charge in [0.25, 0.3) is 5.91 Å². The number of aliphatic hydroxyl groups excluding tert-OH is 1. The molecule has 2 unspecified atom stereocenters. The second-order valence-corrected chi connectivity index (χ2v) is 10.3. The average Bonchev–Trinajstić information content (AvgIpc) is 3.22. The van der Waals surface area contributed by atoms with Crippen LogP contribution in [0.25, 0.3) is 0 Å². The Morgan fingerprint density at radius 3 is 2.71 bits per heavy atom. The van der Waals surface area contributed by atoms with Crippen molar-refractivity contribution in [3.63, 3.8) is 0 Å². The lowest BCUT2D eigenvalue weighted by molar-refractivity contribution is -0.123. The number of aliphatic hydroxyl groups is 1. The molecule has 3 aliphatic rings. The van der Waals surface area contributed by atoms with Crippen LogP contribution in [0.15, 0.2) is 52.3 Å². The van der Waals surface area contributed by atoms with Crippen molar-refractivity contribution in [2.75, 3.05) is 12.4 Å². The zero-order valence-electron chi connectivity index (χ0n) is 19.4. The summed E-state index contributed by atoms with van der Waals surface area (Å²) in [7, 11) is 0.451. The van der Waals surface area contributed by atoms with E-state index in [4.69, 9.17) is 15.2 Å². The van der Waals surface area contributed by atoms with E-state index < -0.39 is 45.9 Å². The van der Waals surface area contributed by atoms with Crippen LogP contribution in [0.1, 0.15) is 32.6 Å². The summed E-state index contributed by atoms with van der Waals surface area (Å²) in [6.45, 7) is 1.64. The van der Waals surface area contributed by atoms with Crippen LogP contribution in [0.2, 0.25) is 0 Å². The first-order valence-electron chi connectivity index (χ1n) is 11.2. The Kier molecular flexibility index (Phi) is 7.29. The van der Waals surface area contributed by atoms with Crippen molar-refractivity contribution in [1.82, 2.24) is 4.90 Å². The van der Waals surface area contributed by atoms with Gasteiger partial charge in [-0.25, -0.2) is 9.18 Å². The molecule has 0 bridgehead atoms. The van der Waals surface area contributed by atoms with Gasteiger partial charge in [-0.15, -0.1) is 10.5 Å². The third-order valence-corrected chi connectivity index (χ3v) is 8.32. The number of anilines is 1. The summed E-state index contributed by atoms with van der Waals surface area (Å²) in [6.07, 6.45) is 3.97. The fourth-order valence-corrected chi connectivity index (χ4v) is 6.30. The van der Waals surface area contributed by atoms with Gasteiger partial charge in [-0.1, -0.05) is 6.42 Å². The Labute approximate surface area is 204 Å². The molecular weight excluding hydrogens is 477 g/mol. The van der Waals surface area contributed by atoms with Crippen molar-refractivity contribution < 1.29 is 33.7 Å². The molecule has 0 aromatic heterocycles. The molecule has 11 heteroatoms. The lowest BCUT2D eigenvalue weighted by Gasteiger charge is -2.31. The van der Waals surface area contributed by atoms with Gasteiger partial charge in [0.05, 0.1) is 17.5 Å². The molecule has 4 rings (SSSR count). The van der Waals surface area contributed by atoms with E-state index in [1.807, 2.05) is 0 Å². The molecule has 1 fully saturated rings. The number of methoxy groups -OCH3 is 1. The highest BCUT2D eigenvalue weighted by Crippen LogP contribution is 2.47. The molecule has 35 heavy (non-hydrogen) atoms. The number of hydrogen-bond acceptors (Lipinski definition) is 6. The molecule has 5 N–H and O–H groups in total. The largest absolute Gasteiger partial charge is 0.485 e. The summed E-state index contributed by atoms with van der Waals surface area (Å²) in [5.74, 6) is -0.953. The first-order valence-corrected chi connectivity index (χ1v) is 12.5. The predicted octanol–water partition coefficient (Wildman–Crippen LogP) is 3.46. The zero-order valence-corrected chi connectivity index (χ0v) is 20.2. The van der Waals surface area contributed by atoms with Gasteiger partial charge >= 0.3 is 6.09 Å². The van der Waals surface area contributed by atoms with E-state index in [0.29, 0.717) is 40.4 Å². The number of amides is 2. The Balaban J connectivity index is 1.69. The maximum absolute atomic E-state index is 14.1. The molecule has 2 aliphatic heterocycles.